The Bertz CT molecular complexity index is 783. The molecule has 0 unspecified atom stereocenters. The molecule has 0 aromatic heterocycles. The third-order valence-corrected chi connectivity index (χ3v) is 5.00. The van der Waals surface area contributed by atoms with Gasteiger partial charge in [-0.3, -0.25) is 9.59 Å². The molecule has 1 saturated heterocycles. The van der Waals surface area contributed by atoms with E-state index in [9.17, 15) is 9.59 Å². The lowest BCUT2D eigenvalue weighted by Crippen LogP contribution is -2.34. The molecule has 0 aliphatic carbocycles. The second kappa shape index (κ2) is 9.36. The van der Waals surface area contributed by atoms with Gasteiger partial charge in [-0.05, 0) is 55.9 Å². The first-order chi connectivity index (χ1) is 13.1. The first kappa shape index (κ1) is 19.2. The van der Waals surface area contributed by atoms with Gasteiger partial charge in [-0.25, -0.2) is 0 Å². The zero-order chi connectivity index (χ0) is 19.1. The van der Waals surface area contributed by atoms with Gasteiger partial charge in [0, 0.05) is 31.6 Å². The van der Waals surface area contributed by atoms with Crippen LogP contribution in [0.15, 0.2) is 48.5 Å². The first-order valence-electron chi connectivity index (χ1n) is 9.82. The van der Waals surface area contributed by atoms with Gasteiger partial charge in [0.1, 0.15) is 0 Å². The lowest BCUT2D eigenvalue weighted by molar-refractivity contribution is -0.133. The molecule has 0 spiro atoms. The van der Waals surface area contributed by atoms with Crippen LogP contribution < -0.4 is 5.32 Å². The monoisotopic (exact) mass is 364 g/mol. The number of anilines is 1. The molecule has 1 N–H and O–H groups in total. The van der Waals surface area contributed by atoms with Gasteiger partial charge < -0.3 is 10.2 Å². The number of benzene rings is 2. The summed E-state index contributed by atoms with van der Waals surface area (Å²) in [7, 11) is 0. The van der Waals surface area contributed by atoms with Crippen molar-refractivity contribution in [3.05, 3.63) is 65.2 Å². The van der Waals surface area contributed by atoms with Crippen molar-refractivity contribution in [1.29, 1.82) is 0 Å². The predicted octanol–water partition coefficient (Wildman–Crippen LogP) is 4.47. The Labute approximate surface area is 161 Å². The van der Waals surface area contributed by atoms with Crippen molar-refractivity contribution in [3.63, 3.8) is 0 Å². The molecule has 3 rings (SSSR count). The van der Waals surface area contributed by atoms with Crippen LogP contribution in [0.5, 0.6) is 0 Å². The molecule has 27 heavy (non-hydrogen) atoms. The highest BCUT2D eigenvalue weighted by Crippen LogP contribution is 2.17. The van der Waals surface area contributed by atoms with Gasteiger partial charge in [0.2, 0.25) is 11.8 Å². The zero-order valence-corrected chi connectivity index (χ0v) is 16.0. The standard InChI is InChI=1S/C23H28N2O2/c1-18-11-13-19(14-12-18)6-5-9-22(26)24-21-8-4-7-20(16-21)17-25-15-3-2-10-23(25)27/h4,7-8,11-14,16H,2-3,5-6,9-10,15,17H2,1H3,(H,24,26). The predicted molar refractivity (Wildman–Crippen MR) is 108 cm³/mol. The first-order valence-corrected chi connectivity index (χ1v) is 9.82. The lowest BCUT2D eigenvalue weighted by Gasteiger charge is -2.26. The normalized spacial score (nSPS) is 14.3. The van der Waals surface area contributed by atoms with E-state index in [0.717, 1.165) is 43.5 Å². The smallest absolute Gasteiger partial charge is 0.224 e. The van der Waals surface area contributed by atoms with Gasteiger partial charge in [-0.1, -0.05) is 42.0 Å². The van der Waals surface area contributed by atoms with E-state index in [4.69, 9.17) is 0 Å². The van der Waals surface area contributed by atoms with Gasteiger partial charge in [0.05, 0.1) is 0 Å². The molecule has 142 valence electrons. The summed E-state index contributed by atoms with van der Waals surface area (Å²) in [4.78, 5) is 26.1. The molecule has 4 nitrogen and oxygen atoms in total. The summed E-state index contributed by atoms with van der Waals surface area (Å²) in [5, 5.41) is 2.98. The summed E-state index contributed by atoms with van der Waals surface area (Å²) < 4.78 is 0. The van der Waals surface area contributed by atoms with Crippen molar-refractivity contribution in [1.82, 2.24) is 4.90 Å². The molecule has 4 heteroatoms. The summed E-state index contributed by atoms with van der Waals surface area (Å²) in [6.07, 6.45) is 4.96. The maximum absolute atomic E-state index is 12.2. The van der Waals surface area contributed by atoms with E-state index in [2.05, 4.69) is 36.5 Å². The van der Waals surface area contributed by atoms with E-state index in [1.54, 1.807) is 0 Å². The Hall–Kier alpha value is -2.62. The number of rotatable bonds is 7. The summed E-state index contributed by atoms with van der Waals surface area (Å²) in [5.74, 6) is 0.264. The van der Waals surface area contributed by atoms with Gasteiger partial charge in [0.25, 0.3) is 0 Å². The molecule has 1 fully saturated rings. The summed E-state index contributed by atoms with van der Waals surface area (Å²) in [6.45, 7) is 3.52. The molecule has 0 saturated carbocycles. The molecule has 0 atom stereocenters. The van der Waals surface area contributed by atoms with Crippen molar-refractivity contribution < 1.29 is 9.59 Å². The van der Waals surface area contributed by atoms with Gasteiger partial charge in [-0.2, -0.15) is 0 Å². The molecular weight excluding hydrogens is 336 g/mol. The van der Waals surface area contributed by atoms with Gasteiger partial charge in [-0.15, -0.1) is 0 Å². The van der Waals surface area contributed by atoms with Crippen LogP contribution in [0, 0.1) is 6.92 Å². The maximum Gasteiger partial charge on any atom is 0.224 e. The van der Waals surface area contributed by atoms with Crippen molar-refractivity contribution in [2.24, 2.45) is 0 Å². The molecule has 2 aromatic carbocycles. The molecule has 0 radical (unpaired) electrons. The third-order valence-electron chi connectivity index (χ3n) is 5.00. The Kier molecular flexibility index (Phi) is 6.64. The topological polar surface area (TPSA) is 49.4 Å². The molecule has 1 aliphatic heterocycles. The van der Waals surface area contributed by atoms with Crippen molar-refractivity contribution in [2.45, 2.75) is 52.0 Å². The SMILES string of the molecule is Cc1ccc(CCCC(=O)Nc2cccc(CN3CCCCC3=O)c2)cc1. The van der Waals surface area contributed by atoms with E-state index in [1.807, 2.05) is 29.2 Å². The van der Waals surface area contributed by atoms with E-state index in [-0.39, 0.29) is 11.8 Å². The van der Waals surface area contributed by atoms with Gasteiger partial charge in [0.15, 0.2) is 0 Å². The zero-order valence-electron chi connectivity index (χ0n) is 16.0. The van der Waals surface area contributed by atoms with Crippen LogP contribution >= 0.6 is 0 Å². The average Bonchev–Trinajstić information content (AvgIpc) is 2.66. The number of nitrogens with one attached hydrogen (secondary N) is 1. The molecule has 1 aliphatic rings. The Morgan fingerprint density at radius 3 is 2.67 bits per heavy atom. The summed E-state index contributed by atoms with van der Waals surface area (Å²) in [5.41, 5.74) is 4.38. The van der Waals surface area contributed by atoms with Crippen LogP contribution in [0.4, 0.5) is 5.69 Å². The quantitative estimate of drug-likeness (QED) is 0.788. The maximum atomic E-state index is 12.2. The van der Waals surface area contributed by atoms with E-state index < -0.39 is 0 Å². The van der Waals surface area contributed by atoms with E-state index in [1.165, 1.54) is 11.1 Å². The average molecular weight is 364 g/mol. The largest absolute Gasteiger partial charge is 0.338 e. The fraction of sp³-hybridized carbons (Fsp3) is 0.391. The second-order valence-corrected chi connectivity index (χ2v) is 7.36. The van der Waals surface area contributed by atoms with Crippen LogP contribution in [0.2, 0.25) is 0 Å². The summed E-state index contributed by atoms with van der Waals surface area (Å²) in [6, 6.07) is 16.3. The number of aryl methyl sites for hydroxylation is 2. The third kappa shape index (κ3) is 5.95. The van der Waals surface area contributed by atoms with Gasteiger partial charge >= 0.3 is 0 Å². The van der Waals surface area contributed by atoms with Crippen LogP contribution in [0.3, 0.4) is 0 Å². The minimum absolute atomic E-state index is 0.0355. The number of carbonyl (C=O) groups is 2. The van der Waals surface area contributed by atoms with Crippen molar-refractivity contribution in [3.8, 4) is 0 Å². The van der Waals surface area contributed by atoms with Crippen LogP contribution in [0.1, 0.15) is 48.8 Å². The molecule has 2 aromatic rings. The Morgan fingerprint density at radius 1 is 1.07 bits per heavy atom. The number of nitrogens with zero attached hydrogens (tertiary/aromatic N) is 1. The highest BCUT2D eigenvalue weighted by Gasteiger charge is 2.18. The number of amides is 2. The molecule has 1 heterocycles. The number of carbonyl (C=O) groups excluding carboxylic acids is 2. The molecular formula is C23H28N2O2. The number of likely N-dealkylation sites (tertiary alicyclic amines) is 1. The molecule has 0 bridgehead atoms. The van der Waals surface area contributed by atoms with Crippen molar-refractivity contribution in [2.75, 3.05) is 11.9 Å². The number of hydrogen-bond donors (Lipinski definition) is 1. The van der Waals surface area contributed by atoms with Crippen LogP contribution in [-0.2, 0) is 22.6 Å². The van der Waals surface area contributed by atoms with E-state index >= 15 is 0 Å². The number of hydrogen-bond acceptors (Lipinski definition) is 2. The second-order valence-electron chi connectivity index (χ2n) is 7.36. The molecule has 2 amide bonds. The Morgan fingerprint density at radius 2 is 1.89 bits per heavy atom. The van der Waals surface area contributed by atoms with Crippen LogP contribution in [0.25, 0.3) is 0 Å². The lowest BCUT2D eigenvalue weighted by atomic mass is 10.1. The fourth-order valence-electron chi connectivity index (χ4n) is 3.43. The minimum atomic E-state index is 0.0355. The number of piperidine rings is 1. The Balaban J connectivity index is 1.47. The minimum Gasteiger partial charge on any atom is -0.338 e. The highest BCUT2D eigenvalue weighted by atomic mass is 16.2. The van der Waals surface area contributed by atoms with Crippen molar-refractivity contribution >= 4 is 17.5 Å². The summed E-state index contributed by atoms with van der Waals surface area (Å²) >= 11 is 0. The van der Waals surface area contributed by atoms with E-state index in [0.29, 0.717) is 19.4 Å². The van der Waals surface area contributed by atoms with Crippen LogP contribution in [-0.4, -0.2) is 23.3 Å². The fourth-order valence-corrected chi connectivity index (χ4v) is 3.43. The highest BCUT2D eigenvalue weighted by molar-refractivity contribution is 5.90.